The van der Waals surface area contributed by atoms with Crippen LogP contribution in [0.15, 0.2) is 18.2 Å². The highest BCUT2D eigenvalue weighted by Gasteiger charge is 2.11. The molecule has 0 aliphatic heterocycles. The van der Waals surface area contributed by atoms with Crippen LogP contribution in [0.5, 0.6) is 5.75 Å². The first-order valence-corrected chi connectivity index (χ1v) is 8.60. The molecule has 2 heteroatoms. The summed E-state index contributed by atoms with van der Waals surface area (Å²) >= 11 is 0. The van der Waals surface area contributed by atoms with E-state index in [0.717, 1.165) is 12.3 Å². The van der Waals surface area contributed by atoms with E-state index in [2.05, 4.69) is 44.3 Å². The van der Waals surface area contributed by atoms with Crippen molar-refractivity contribution in [1.82, 2.24) is 5.32 Å². The molecule has 1 aromatic carbocycles. The predicted molar refractivity (Wildman–Crippen MR) is 92.1 cm³/mol. The Hall–Kier alpha value is -1.02. The van der Waals surface area contributed by atoms with Gasteiger partial charge in [-0.1, -0.05) is 64.5 Å². The van der Waals surface area contributed by atoms with E-state index in [1.807, 2.05) is 0 Å². The van der Waals surface area contributed by atoms with Crippen LogP contribution in [0, 0.1) is 6.92 Å². The zero-order chi connectivity index (χ0) is 15.5. The fourth-order valence-electron chi connectivity index (χ4n) is 2.82. The Morgan fingerprint density at radius 1 is 1.05 bits per heavy atom. The van der Waals surface area contributed by atoms with Crippen molar-refractivity contribution in [2.45, 2.75) is 71.8 Å². The number of unbranched alkanes of at least 4 members (excludes halogenated alkanes) is 5. The second-order valence-corrected chi connectivity index (χ2v) is 5.90. The molecule has 120 valence electrons. The highest BCUT2D eigenvalue weighted by Crippen LogP contribution is 2.26. The number of nitrogens with one attached hydrogen (secondary N) is 1. The molecule has 0 aromatic heterocycles. The molecule has 0 saturated carbocycles. The van der Waals surface area contributed by atoms with Crippen molar-refractivity contribution in [3.05, 3.63) is 29.3 Å². The second kappa shape index (κ2) is 10.7. The third-order valence-corrected chi connectivity index (χ3v) is 4.13. The van der Waals surface area contributed by atoms with Crippen LogP contribution in [0.2, 0.25) is 0 Å². The van der Waals surface area contributed by atoms with Crippen LogP contribution in [0.4, 0.5) is 0 Å². The first kappa shape index (κ1) is 18.0. The molecule has 0 saturated heterocycles. The van der Waals surface area contributed by atoms with Crippen LogP contribution in [0.1, 0.15) is 76.0 Å². The van der Waals surface area contributed by atoms with Crippen LogP contribution in [0.3, 0.4) is 0 Å². The maximum atomic E-state index is 5.46. The summed E-state index contributed by atoms with van der Waals surface area (Å²) in [6.45, 7) is 7.56. The SMILES string of the molecule is CCCCCCCCC(NCC)c1ccc(C)c(OC)c1. The topological polar surface area (TPSA) is 21.3 Å². The van der Waals surface area contributed by atoms with Gasteiger partial charge in [-0.05, 0) is 37.1 Å². The Morgan fingerprint density at radius 2 is 1.76 bits per heavy atom. The lowest BCUT2D eigenvalue weighted by molar-refractivity contribution is 0.408. The number of methoxy groups -OCH3 is 1. The van der Waals surface area contributed by atoms with Gasteiger partial charge in [0.05, 0.1) is 7.11 Å². The third kappa shape index (κ3) is 6.52. The number of hydrogen-bond acceptors (Lipinski definition) is 2. The predicted octanol–water partition coefficient (Wildman–Crippen LogP) is 5.40. The zero-order valence-corrected chi connectivity index (χ0v) is 14.4. The van der Waals surface area contributed by atoms with Crippen molar-refractivity contribution < 1.29 is 4.74 Å². The molecule has 0 spiro atoms. The van der Waals surface area contributed by atoms with Gasteiger partial charge in [0.1, 0.15) is 5.75 Å². The van der Waals surface area contributed by atoms with Gasteiger partial charge in [0.2, 0.25) is 0 Å². The number of rotatable bonds is 11. The van der Waals surface area contributed by atoms with Gasteiger partial charge in [0.15, 0.2) is 0 Å². The smallest absolute Gasteiger partial charge is 0.122 e. The molecule has 2 nitrogen and oxygen atoms in total. The van der Waals surface area contributed by atoms with E-state index >= 15 is 0 Å². The molecule has 1 N–H and O–H groups in total. The molecule has 1 aromatic rings. The molecular weight excluding hydrogens is 258 g/mol. The van der Waals surface area contributed by atoms with E-state index in [1.165, 1.54) is 56.1 Å². The lowest BCUT2D eigenvalue weighted by Gasteiger charge is -2.19. The zero-order valence-electron chi connectivity index (χ0n) is 14.4. The summed E-state index contributed by atoms with van der Waals surface area (Å²) in [7, 11) is 1.75. The van der Waals surface area contributed by atoms with E-state index in [-0.39, 0.29) is 0 Å². The maximum Gasteiger partial charge on any atom is 0.122 e. The molecule has 1 rings (SSSR count). The minimum Gasteiger partial charge on any atom is -0.496 e. The largest absolute Gasteiger partial charge is 0.496 e. The fourth-order valence-corrected chi connectivity index (χ4v) is 2.82. The lowest BCUT2D eigenvalue weighted by atomic mass is 9.98. The fraction of sp³-hybridized carbons (Fsp3) is 0.684. The highest BCUT2D eigenvalue weighted by molar-refractivity contribution is 5.37. The molecule has 0 aliphatic rings. The molecule has 21 heavy (non-hydrogen) atoms. The van der Waals surface area contributed by atoms with E-state index in [0.29, 0.717) is 6.04 Å². The van der Waals surface area contributed by atoms with E-state index in [9.17, 15) is 0 Å². The van der Waals surface area contributed by atoms with Gasteiger partial charge < -0.3 is 10.1 Å². The molecule has 0 bridgehead atoms. The molecule has 0 heterocycles. The molecule has 0 amide bonds. The minimum atomic E-state index is 0.454. The van der Waals surface area contributed by atoms with Crippen molar-refractivity contribution in [3.63, 3.8) is 0 Å². The quantitative estimate of drug-likeness (QED) is 0.551. The van der Waals surface area contributed by atoms with Crippen LogP contribution >= 0.6 is 0 Å². The van der Waals surface area contributed by atoms with Crippen LogP contribution in [0.25, 0.3) is 0 Å². The minimum absolute atomic E-state index is 0.454. The number of hydrogen-bond donors (Lipinski definition) is 1. The van der Waals surface area contributed by atoms with Gasteiger partial charge in [-0.25, -0.2) is 0 Å². The van der Waals surface area contributed by atoms with Crippen molar-refractivity contribution in [3.8, 4) is 5.75 Å². The Labute approximate surface area is 131 Å². The standard InChI is InChI=1S/C19H33NO/c1-5-7-8-9-10-11-12-18(20-6-2)17-14-13-16(3)19(15-17)21-4/h13-15,18,20H,5-12H2,1-4H3. The molecular formula is C19H33NO. The highest BCUT2D eigenvalue weighted by atomic mass is 16.5. The summed E-state index contributed by atoms with van der Waals surface area (Å²) in [6.07, 6.45) is 9.34. The maximum absolute atomic E-state index is 5.46. The summed E-state index contributed by atoms with van der Waals surface area (Å²) < 4.78 is 5.46. The second-order valence-electron chi connectivity index (χ2n) is 5.90. The average Bonchev–Trinajstić information content (AvgIpc) is 2.50. The normalized spacial score (nSPS) is 12.4. The average molecular weight is 291 g/mol. The first-order valence-electron chi connectivity index (χ1n) is 8.60. The molecule has 0 radical (unpaired) electrons. The van der Waals surface area contributed by atoms with Crippen LogP contribution in [-0.4, -0.2) is 13.7 Å². The summed E-state index contributed by atoms with van der Waals surface area (Å²) in [5.74, 6) is 0.998. The Morgan fingerprint density at radius 3 is 2.43 bits per heavy atom. The van der Waals surface area contributed by atoms with Crippen LogP contribution < -0.4 is 10.1 Å². The van der Waals surface area contributed by atoms with E-state index in [4.69, 9.17) is 4.74 Å². The van der Waals surface area contributed by atoms with Gasteiger partial charge in [-0.3, -0.25) is 0 Å². The van der Waals surface area contributed by atoms with E-state index < -0.39 is 0 Å². The van der Waals surface area contributed by atoms with Gasteiger partial charge in [-0.15, -0.1) is 0 Å². The number of aryl methyl sites for hydroxylation is 1. The lowest BCUT2D eigenvalue weighted by Crippen LogP contribution is -2.21. The molecule has 1 atom stereocenters. The summed E-state index contributed by atoms with van der Waals surface area (Å²) in [4.78, 5) is 0. The summed E-state index contributed by atoms with van der Waals surface area (Å²) in [5, 5.41) is 3.62. The van der Waals surface area contributed by atoms with Crippen molar-refractivity contribution in [2.75, 3.05) is 13.7 Å². The van der Waals surface area contributed by atoms with Crippen molar-refractivity contribution in [1.29, 1.82) is 0 Å². The summed E-state index contributed by atoms with van der Waals surface area (Å²) in [6, 6.07) is 7.05. The van der Waals surface area contributed by atoms with Crippen molar-refractivity contribution >= 4 is 0 Å². The molecule has 1 unspecified atom stereocenters. The monoisotopic (exact) mass is 291 g/mol. The number of ether oxygens (including phenoxy) is 1. The Kier molecular flexibility index (Phi) is 9.16. The molecule has 0 aliphatic carbocycles. The van der Waals surface area contributed by atoms with Crippen LogP contribution in [-0.2, 0) is 0 Å². The van der Waals surface area contributed by atoms with Gasteiger partial charge in [0.25, 0.3) is 0 Å². The van der Waals surface area contributed by atoms with Crippen molar-refractivity contribution in [2.24, 2.45) is 0 Å². The third-order valence-electron chi connectivity index (χ3n) is 4.13. The summed E-state index contributed by atoms with van der Waals surface area (Å²) in [5.41, 5.74) is 2.56. The Bertz CT molecular complexity index is 389. The van der Waals surface area contributed by atoms with Gasteiger partial charge >= 0.3 is 0 Å². The molecule has 0 fully saturated rings. The first-order chi connectivity index (χ1) is 10.2. The number of benzene rings is 1. The Balaban J connectivity index is 2.52. The van der Waals surface area contributed by atoms with Gasteiger partial charge in [-0.2, -0.15) is 0 Å². The van der Waals surface area contributed by atoms with E-state index in [1.54, 1.807) is 7.11 Å². The van der Waals surface area contributed by atoms with Gasteiger partial charge in [0, 0.05) is 6.04 Å².